The Kier molecular flexibility index (Phi) is 2.88. The van der Waals surface area contributed by atoms with Crippen LogP contribution in [0.15, 0.2) is 14.4 Å². The molecule has 3 aliphatic rings. The minimum Gasteiger partial charge on any atom is -0.357 e. The van der Waals surface area contributed by atoms with E-state index in [0.29, 0.717) is 39.1 Å². The van der Waals surface area contributed by atoms with Crippen molar-refractivity contribution in [2.45, 2.75) is 37.9 Å². The summed E-state index contributed by atoms with van der Waals surface area (Å²) in [7, 11) is 0. The summed E-state index contributed by atoms with van der Waals surface area (Å²) in [5.74, 6) is 0. The maximum Gasteiger partial charge on any atom is 0.340 e. The molecule has 3 saturated heterocycles. The van der Waals surface area contributed by atoms with Crippen LogP contribution in [0.2, 0.25) is 0 Å². The van der Waals surface area contributed by atoms with E-state index in [1.54, 1.807) is 0 Å². The van der Waals surface area contributed by atoms with Gasteiger partial charge in [-0.25, -0.2) is 28.1 Å². The van der Waals surface area contributed by atoms with Crippen molar-refractivity contribution >= 4 is 0 Å². The first-order valence-corrected chi connectivity index (χ1v) is 7.03. The Labute approximate surface area is 118 Å². The summed E-state index contributed by atoms with van der Waals surface area (Å²) in [4.78, 5) is 37.4. The number of hydrogen-bond acceptors (Lipinski definition) is 6. The summed E-state index contributed by atoms with van der Waals surface area (Å²) >= 11 is 0. The van der Waals surface area contributed by atoms with Crippen LogP contribution < -0.4 is 17.1 Å². The summed E-state index contributed by atoms with van der Waals surface area (Å²) in [6, 6.07) is 0. The van der Waals surface area contributed by atoms with Crippen molar-refractivity contribution < 1.29 is 14.2 Å². The third kappa shape index (κ3) is 1.78. The van der Waals surface area contributed by atoms with Crippen molar-refractivity contribution in [1.82, 2.24) is 13.7 Å². The molecule has 21 heavy (non-hydrogen) atoms. The van der Waals surface area contributed by atoms with E-state index in [1.807, 2.05) is 0 Å². The Morgan fingerprint density at radius 2 is 0.857 bits per heavy atom. The molecule has 0 spiro atoms. The van der Waals surface area contributed by atoms with Gasteiger partial charge in [0, 0.05) is 19.3 Å². The molecule has 0 aromatic carbocycles. The van der Waals surface area contributed by atoms with Crippen molar-refractivity contribution in [2.24, 2.45) is 0 Å². The van der Waals surface area contributed by atoms with Crippen LogP contribution in [0, 0.1) is 0 Å². The lowest BCUT2D eigenvalue weighted by Crippen LogP contribution is -2.60. The van der Waals surface area contributed by atoms with E-state index in [0.717, 1.165) is 13.7 Å². The molecule has 1 aromatic rings. The Hall–Kier alpha value is -1.71. The molecule has 0 saturated carbocycles. The molecule has 4 heterocycles. The van der Waals surface area contributed by atoms with Crippen molar-refractivity contribution in [3.8, 4) is 0 Å². The van der Waals surface area contributed by atoms with Crippen LogP contribution in [0.5, 0.6) is 0 Å². The highest BCUT2D eigenvalue weighted by atomic mass is 16.5. The van der Waals surface area contributed by atoms with Gasteiger partial charge < -0.3 is 14.2 Å². The first kappa shape index (κ1) is 13.0. The molecule has 0 bridgehead atoms. The van der Waals surface area contributed by atoms with Crippen LogP contribution in [-0.4, -0.2) is 33.5 Å². The number of ether oxygens (including phenoxy) is 3. The van der Waals surface area contributed by atoms with Crippen molar-refractivity contribution in [1.29, 1.82) is 0 Å². The molecule has 0 radical (unpaired) electrons. The smallest absolute Gasteiger partial charge is 0.340 e. The van der Waals surface area contributed by atoms with Gasteiger partial charge in [0.15, 0.2) is 0 Å². The molecule has 0 amide bonds. The van der Waals surface area contributed by atoms with Crippen molar-refractivity contribution in [3.63, 3.8) is 0 Å². The van der Waals surface area contributed by atoms with E-state index in [-0.39, 0.29) is 0 Å². The standard InChI is InChI=1S/C12H15N3O6/c16-10-13(7-1-4-19-7)11(17)15(9-3-6-21-9)12(18)14(10)8-2-5-20-8/h7-9H,1-6H2. The van der Waals surface area contributed by atoms with Crippen LogP contribution >= 0.6 is 0 Å². The highest BCUT2D eigenvalue weighted by molar-refractivity contribution is 4.87. The highest BCUT2D eigenvalue weighted by Gasteiger charge is 2.35. The zero-order valence-electron chi connectivity index (χ0n) is 11.3. The zero-order chi connectivity index (χ0) is 14.6. The molecule has 4 rings (SSSR count). The molecule has 3 fully saturated rings. The average Bonchev–Trinajstić information content (AvgIpc) is 2.28. The van der Waals surface area contributed by atoms with Gasteiger partial charge in [0.25, 0.3) is 0 Å². The molecule has 9 nitrogen and oxygen atoms in total. The third-order valence-electron chi connectivity index (χ3n) is 4.13. The third-order valence-corrected chi connectivity index (χ3v) is 4.13. The quantitative estimate of drug-likeness (QED) is 0.705. The van der Waals surface area contributed by atoms with Gasteiger partial charge >= 0.3 is 17.1 Å². The Bertz CT molecular complexity index is 605. The SMILES string of the molecule is O=c1n(C2CCO2)c(=O)n(C2CCO2)c(=O)n1C1CCO1. The van der Waals surface area contributed by atoms with Crippen LogP contribution in [0.25, 0.3) is 0 Å². The largest absolute Gasteiger partial charge is 0.357 e. The minimum atomic E-state index is -0.671. The van der Waals surface area contributed by atoms with E-state index in [4.69, 9.17) is 14.2 Å². The fourth-order valence-corrected chi connectivity index (χ4v) is 2.61. The molecule has 3 aliphatic heterocycles. The van der Waals surface area contributed by atoms with Crippen LogP contribution in [0.4, 0.5) is 0 Å². The average molecular weight is 297 g/mol. The molecule has 1 aromatic heterocycles. The summed E-state index contributed by atoms with van der Waals surface area (Å²) in [6.07, 6.45) is -0.103. The van der Waals surface area contributed by atoms with E-state index in [1.165, 1.54) is 0 Å². The molecular weight excluding hydrogens is 282 g/mol. The number of aromatic nitrogens is 3. The van der Waals surface area contributed by atoms with Gasteiger partial charge in [-0.15, -0.1) is 0 Å². The predicted octanol–water partition coefficient (Wildman–Crippen LogP) is -1.07. The monoisotopic (exact) mass is 297 g/mol. The number of hydrogen-bond donors (Lipinski definition) is 0. The molecule has 0 N–H and O–H groups in total. The molecular formula is C12H15N3O6. The van der Waals surface area contributed by atoms with E-state index in [9.17, 15) is 14.4 Å². The van der Waals surface area contributed by atoms with Gasteiger partial charge in [-0.05, 0) is 0 Å². The Balaban J connectivity index is 1.95. The normalized spacial score (nSPS) is 31.1. The van der Waals surface area contributed by atoms with Gasteiger partial charge in [0.05, 0.1) is 19.8 Å². The zero-order valence-corrected chi connectivity index (χ0v) is 11.3. The first-order chi connectivity index (χ1) is 10.2. The molecule has 9 heteroatoms. The van der Waals surface area contributed by atoms with E-state index >= 15 is 0 Å². The van der Waals surface area contributed by atoms with Gasteiger partial charge in [-0.3, -0.25) is 0 Å². The minimum absolute atomic E-state index is 0.496. The summed E-state index contributed by atoms with van der Waals surface area (Å²) < 4.78 is 18.7. The summed E-state index contributed by atoms with van der Waals surface area (Å²) in [5.41, 5.74) is -2.01. The van der Waals surface area contributed by atoms with Gasteiger partial charge in [0.1, 0.15) is 18.7 Å². The maximum atomic E-state index is 12.5. The predicted molar refractivity (Wildman–Crippen MR) is 68.0 cm³/mol. The Morgan fingerprint density at radius 1 is 0.619 bits per heavy atom. The van der Waals surface area contributed by atoms with Gasteiger partial charge in [-0.2, -0.15) is 0 Å². The second-order valence-corrected chi connectivity index (χ2v) is 5.30. The topological polar surface area (TPSA) is 93.7 Å². The fourth-order valence-electron chi connectivity index (χ4n) is 2.61. The lowest BCUT2D eigenvalue weighted by molar-refractivity contribution is -0.135. The van der Waals surface area contributed by atoms with Gasteiger partial charge in [-0.1, -0.05) is 0 Å². The highest BCUT2D eigenvalue weighted by Crippen LogP contribution is 2.24. The van der Waals surface area contributed by atoms with Crippen LogP contribution in [-0.2, 0) is 14.2 Å². The molecule has 114 valence electrons. The Morgan fingerprint density at radius 3 is 1.00 bits per heavy atom. The van der Waals surface area contributed by atoms with E-state index in [2.05, 4.69) is 0 Å². The van der Waals surface area contributed by atoms with Crippen molar-refractivity contribution in [3.05, 3.63) is 31.5 Å². The fraction of sp³-hybridized carbons (Fsp3) is 0.750. The summed E-state index contributed by atoms with van der Waals surface area (Å²) in [5, 5.41) is 0. The molecule has 3 unspecified atom stereocenters. The second kappa shape index (κ2) is 4.65. The maximum absolute atomic E-state index is 12.5. The first-order valence-electron chi connectivity index (χ1n) is 7.03. The lowest BCUT2D eigenvalue weighted by atomic mass is 10.3. The summed E-state index contributed by atoms with van der Waals surface area (Å²) in [6.45, 7) is 1.49. The molecule has 0 aliphatic carbocycles. The number of nitrogens with zero attached hydrogens (tertiary/aromatic N) is 3. The van der Waals surface area contributed by atoms with Crippen LogP contribution in [0.1, 0.15) is 37.9 Å². The van der Waals surface area contributed by atoms with Gasteiger partial charge in [0.2, 0.25) is 0 Å². The van der Waals surface area contributed by atoms with Crippen LogP contribution in [0.3, 0.4) is 0 Å². The second-order valence-electron chi connectivity index (χ2n) is 5.30. The van der Waals surface area contributed by atoms with E-state index < -0.39 is 35.8 Å². The molecule has 3 atom stereocenters. The van der Waals surface area contributed by atoms with Crippen molar-refractivity contribution in [2.75, 3.05) is 19.8 Å². The lowest BCUT2D eigenvalue weighted by Gasteiger charge is -2.34. The number of rotatable bonds is 3.